The molecule has 0 aliphatic heterocycles. The summed E-state index contributed by atoms with van der Waals surface area (Å²) < 4.78 is 3.58. The molecule has 152 valence electrons. The van der Waals surface area contributed by atoms with Crippen LogP contribution in [0, 0.1) is 13.8 Å². The molecule has 1 aromatic carbocycles. The van der Waals surface area contributed by atoms with E-state index in [-0.39, 0.29) is 5.91 Å². The molecule has 7 heteroatoms. The van der Waals surface area contributed by atoms with Crippen LogP contribution in [0.5, 0.6) is 0 Å². The summed E-state index contributed by atoms with van der Waals surface area (Å²) in [4.78, 5) is 16.9. The smallest absolute Gasteiger partial charge is 0.254 e. The van der Waals surface area contributed by atoms with Crippen molar-refractivity contribution in [1.29, 1.82) is 0 Å². The summed E-state index contributed by atoms with van der Waals surface area (Å²) >= 11 is 0. The predicted octanol–water partition coefficient (Wildman–Crippen LogP) is 3.43. The quantitative estimate of drug-likeness (QED) is 0.482. The molecule has 0 saturated heterocycles. The van der Waals surface area contributed by atoms with E-state index < -0.39 is 0 Å². The van der Waals surface area contributed by atoms with Gasteiger partial charge in [-0.3, -0.25) is 4.79 Å². The molecule has 0 spiro atoms. The Bertz CT molecular complexity index is 1130. The number of carbonyl (C=O) groups excluding carboxylic acids is 1. The molecule has 7 nitrogen and oxygen atoms in total. The molecule has 30 heavy (non-hydrogen) atoms. The summed E-state index contributed by atoms with van der Waals surface area (Å²) in [5, 5.41) is 11.9. The van der Waals surface area contributed by atoms with Crippen LogP contribution in [-0.4, -0.2) is 37.0 Å². The molecule has 4 rings (SSSR count). The number of hydrogen-bond donors (Lipinski definition) is 1. The minimum Gasteiger partial charge on any atom is -0.352 e. The van der Waals surface area contributed by atoms with Gasteiger partial charge >= 0.3 is 0 Å². The third-order valence-corrected chi connectivity index (χ3v) is 5.05. The van der Waals surface area contributed by atoms with Crippen molar-refractivity contribution < 1.29 is 4.79 Å². The first-order chi connectivity index (χ1) is 14.6. The second-order valence-electron chi connectivity index (χ2n) is 7.12. The van der Waals surface area contributed by atoms with Crippen LogP contribution in [0.4, 0.5) is 0 Å². The maximum Gasteiger partial charge on any atom is 0.254 e. The van der Waals surface area contributed by atoms with E-state index in [4.69, 9.17) is 0 Å². The van der Waals surface area contributed by atoms with Gasteiger partial charge in [-0.2, -0.15) is 10.2 Å². The molecule has 1 amide bonds. The molecule has 0 aliphatic rings. The number of rotatable bonds is 7. The Kier molecular flexibility index (Phi) is 5.70. The van der Waals surface area contributed by atoms with Crippen LogP contribution in [0.1, 0.15) is 33.7 Å². The van der Waals surface area contributed by atoms with Crippen LogP contribution in [0.15, 0.2) is 67.1 Å². The molecule has 0 radical (unpaired) electrons. The minimum atomic E-state index is -0.119. The van der Waals surface area contributed by atoms with E-state index in [1.165, 1.54) is 5.56 Å². The second-order valence-corrected chi connectivity index (χ2v) is 7.12. The van der Waals surface area contributed by atoms with E-state index >= 15 is 0 Å². The maximum atomic E-state index is 12.6. The van der Waals surface area contributed by atoms with Crippen molar-refractivity contribution in [2.24, 2.45) is 0 Å². The fraction of sp³-hybridized carbons (Fsp3) is 0.217. The lowest BCUT2D eigenvalue weighted by atomic mass is 10.1. The number of pyridine rings is 1. The maximum absolute atomic E-state index is 12.6. The molecule has 4 aromatic rings. The highest BCUT2D eigenvalue weighted by molar-refractivity contribution is 5.95. The first-order valence-corrected chi connectivity index (χ1v) is 9.98. The number of nitrogens with zero attached hydrogens (tertiary/aromatic N) is 5. The topological polar surface area (TPSA) is 77.6 Å². The monoisotopic (exact) mass is 400 g/mol. The van der Waals surface area contributed by atoms with Crippen molar-refractivity contribution in [3.05, 3.63) is 89.6 Å². The summed E-state index contributed by atoms with van der Waals surface area (Å²) in [7, 11) is 0. The molecular weight excluding hydrogens is 376 g/mol. The number of para-hydroxylation sites is 1. The normalized spacial score (nSPS) is 10.9. The van der Waals surface area contributed by atoms with Gasteiger partial charge in [0.25, 0.3) is 5.91 Å². The number of nitrogens with one attached hydrogen (secondary N) is 1. The van der Waals surface area contributed by atoms with Crippen molar-refractivity contribution >= 4 is 5.91 Å². The molecule has 0 atom stereocenters. The van der Waals surface area contributed by atoms with Crippen molar-refractivity contribution in [2.45, 2.75) is 26.7 Å². The third kappa shape index (κ3) is 4.15. The largest absolute Gasteiger partial charge is 0.352 e. The summed E-state index contributed by atoms with van der Waals surface area (Å²) in [6, 6.07) is 15.7. The van der Waals surface area contributed by atoms with Crippen LogP contribution >= 0.6 is 0 Å². The Balaban J connectivity index is 1.33. The first kappa shape index (κ1) is 19.6. The molecule has 3 aromatic heterocycles. The number of aromatic nitrogens is 5. The van der Waals surface area contributed by atoms with Crippen LogP contribution < -0.4 is 5.32 Å². The molecule has 0 bridgehead atoms. The van der Waals surface area contributed by atoms with Gasteiger partial charge in [0, 0.05) is 18.9 Å². The Labute approximate surface area is 175 Å². The molecule has 1 N–H and O–H groups in total. The number of carbonyl (C=O) groups is 1. The third-order valence-electron chi connectivity index (χ3n) is 5.05. The number of benzene rings is 1. The fourth-order valence-corrected chi connectivity index (χ4v) is 3.37. The van der Waals surface area contributed by atoms with Crippen LogP contribution in [0.2, 0.25) is 0 Å². The molecule has 0 aliphatic carbocycles. The lowest BCUT2D eigenvalue weighted by Crippen LogP contribution is -2.25. The summed E-state index contributed by atoms with van der Waals surface area (Å²) in [5.74, 6) is 0.575. The van der Waals surface area contributed by atoms with Gasteiger partial charge in [0.2, 0.25) is 0 Å². The molecule has 0 fully saturated rings. The van der Waals surface area contributed by atoms with Gasteiger partial charge in [-0.25, -0.2) is 14.3 Å². The summed E-state index contributed by atoms with van der Waals surface area (Å²) in [6.07, 6.45) is 7.05. The van der Waals surface area contributed by atoms with E-state index in [9.17, 15) is 4.79 Å². The van der Waals surface area contributed by atoms with Crippen molar-refractivity contribution in [1.82, 2.24) is 29.9 Å². The van der Waals surface area contributed by atoms with Gasteiger partial charge in [-0.1, -0.05) is 24.3 Å². The van der Waals surface area contributed by atoms with Crippen LogP contribution in [-0.2, 0) is 6.42 Å². The van der Waals surface area contributed by atoms with Gasteiger partial charge in [0.15, 0.2) is 5.82 Å². The highest BCUT2D eigenvalue weighted by atomic mass is 16.1. The van der Waals surface area contributed by atoms with Gasteiger partial charge in [0.1, 0.15) is 0 Å². The zero-order valence-corrected chi connectivity index (χ0v) is 17.1. The van der Waals surface area contributed by atoms with Crippen molar-refractivity contribution in [3.63, 3.8) is 0 Å². The van der Waals surface area contributed by atoms with E-state index in [1.54, 1.807) is 17.1 Å². The lowest BCUT2D eigenvalue weighted by molar-refractivity contribution is 0.0952. The Morgan fingerprint density at radius 3 is 2.63 bits per heavy atom. The minimum absolute atomic E-state index is 0.119. The fourth-order valence-electron chi connectivity index (χ4n) is 3.37. The van der Waals surface area contributed by atoms with Gasteiger partial charge in [-0.15, -0.1) is 0 Å². The van der Waals surface area contributed by atoms with Crippen LogP contribution in [0.25, 0.3) is 11.5 Å². The summed E-state index contributed by atoms with van der Waals surface area (Å²) in [5.41, 5.74) is 4.57. The predicted molar refractivity (Wildman–Crippen MR) is 115 cm³/mol. The van der Waals surface area contributed by atoms with E-state index in [0.717, 1.165) is 29.9 Å². The van der Waals surface area contributed by atoms with E-state index in [1.807, 2.05) is 67.1 Å². The van der Waals surface area contributed by atoms with Crippen molar-refractivity contribution in [3.8, 4) is 11.5 Å². The molecule has 0 saturated carbocycles. The highest BCUT2D eigenvalue weighted by Gasteiger charge is 2.15. The molecule has 3 heterocycles. The van der Waals surface area contributed by atoms with E-state index in [0.29, 0.717) is 17.9 Å². The first-order valence-electron chi connectivity index (χ1n) is 9.98. The average Bonchev–Trinajstić information content (AvgIpc) is 3.35. The average molecular weight is 400 g/mol. The van der Waals surface area contributed by atoms with Gasteiger partial charge in [0.05, 0.1) is 28.8 Å². The van der Waals surface area contributed by atoms with Gasteiger partial charge < -0.3 is 5.32 Å². The second kappa shape index (κ2) is 8.73. The number of aryl methyl sites for hydroxylation is 2. The van der Waals surface area contributed by atoms with Gasteiger partial charge in [-0.05, 0) is 56.5 Å². The number of hydrogen-bond acceptors (Lipinski definition) is 4. The molecular formula is C23H24N6O. The standard InChI is InChI=1S/C23H24N6O/c1-17-19(16-28(27-17)20-10-4-3-5-11-20)9-8-14-25-23(30)21-15-26-29(18(21)2)22-12-6-7-13-24-22/h3-7,10-13,15-16H,8-9,14H2,1-2H3,(H,25,30). The van der Waals surface area contributed by atoms with E-state index in [2.05, 4.69) is 26.7 Å². The Morgan fingerprint density at radius 1 is 1.07 bits per heavy atom. The Hall–Kier alpha value is -3.74. The molecule has 0 unspecified atom stereocenters. The summed E-state index contributed by atoms with van der Waals surface area (Å²) in [6.45, 7) is 4.48. The number of amides is 1. The van der Waals surface area contributed by atoms with Crippen LogP contribution in [0.3, 0.4) is 0 Å². The zero-order chi connectivity index (χ0) is 20.9. The SMILES string of the molecule is Cc1nn(-c2ccccc2)cc1CCCNC(=O)c1cnn(-c2ccccn2)c1C. The Morgan fingerprint density at radius 2 is 1.87 bits per heavy atom. The van der Waals surface area contributed by atoms with Crippen molar-refractivity contribution in [2.75, 3.05) is 6.54 Å². The highest BCUT2D eigenvalue weighted by Crippen LogP contribution is 2.14. The lowest BCUT2D eigenvalue weighted by Gasteiger charge is -2.06. The zero-order valence-electron chi connectivity index (χ0n) is 17.1.